The van der Waals surface area contributed by atoms with Crippen LogP contribution in [0.4, 0.5) is 0 Å². The zero-order valence-electron chi connectivity index (χ0n) is 16.1. The van der Waals surface area contributed by atoms with E-state index >= 15 is 0 Å². The second kappa shape index (κ2) is 6.67. The Balaban J connectivity index is 1.70. The van der Waals surface area contributed by atoms with Crippen LogP contribution in [0.5, 0.6) is 5.75 Å². The molecule has 0 heterocycles. The van der Waals surface area contributed by atoms with E-state index in [1.165, 1.54) is 11.1 Å². The molecule has 0 spiro atoms. The maximum Gasteiger partial charge on any atom is 0.132 e. The first-order valence-electron chi connectivity index (χ1n) is 10.5. The third kappa shape index (κ3) is 2.79. The fourth-order valence-corrected chi connectivity index (χ4v) is 6.65. The topological polar surface area (TPSA) is 57.5 Å². The lowest BCUT2D eigenvalue weighted by molar-refractivity contribution is -0.119. The average Bonchev–Trinajstić information content (AvgIpc) is 2.93. The summed E-state index contributed by atoms with van der Waals surface area (Å²) >= 11 is 0. The Morgan fingerprint density at radius 1 is 1.27 bits per heavy atom. The van der Waals surface area contributed by atoms with Crippen molar-refractivity contribution in [1.82, 2.24) is 0 Å². The maximum absolute atomic E-state index is 12.0. The van der Waals surface area contributed by atoms with Crippen LogP contribution in [0.15, 0.2) is 18.2 Å². The largest absolute Gasteiger partial charge is 0.508 e. The first kappa shape index (κ1) is 18.0. The number of benzene rings is 1. The van der Waals surface area contributed by atoms with E-state index in [1.807, 2.05) is 19.1 Å². The van der Waals surface area contributed by atoms with Gasteiger partial charge in [-0.15, -0.1) is 0 Å². The molecule has 0 aromatic heterocycles. The Morgan fingerprint density at radius 3 is 2.85 bits per heavy atom. The van der Waals surface area contributed by atoms with Crippen LogP contribution in [0, 0.1) is 23.2 Å². The van der Waals surface area contributed by atoms with Crippen molar-refractivity contribution >= 4 is 5.78 Å². The number of aliphatic hydroxyl groups excluding tert-OH is 1. The molecule has 26 heavy (non-hydrogen) atoms. The van der Waals surface area contributed by atoms with Crippen LogP contribution < -0.4 is 0 Å². The van der Waals surface area contributed by atoms with Crippen LogP contribution in [0.2, 0.25) is 0 Å². The van der Waals surface area contributed by atoms with Gasteiger partial charge >= 0.3 is 0 Å². The molecule has 0 radical (unpaired) electrons. The molecule has 0 aliphatic heterocycles. The summed E-state index contributed by atoms with van der Waals surface area (Å²) in [5.41, 5.74) is 2.70. The monoisotopic (exact) mass is 356 g/mol. The molecule has 0 amide bonds. The number of ketones is 1. The van der Waals surface area contributed by atoms with Crippen LogP contribution in [0.3, 0.4) is 0 Å². The molecule has 4 rings (SSSR count). The van der Waals surface area contributed by atoms with E-state index in [4.69, 9.17) is 0 Å². The minimum Gasteiger partial charge on any atom is -0.508 e. The Bertz CT molecular complexity index is 697. The number of hydrogen-bond acceptors (Lipinski definition) is 3. The first-order valence-corrected chi connectivity index (χ1v) is 10.5. The Labute approximate surface area is 156 Å². The molecule has 3 nitrogen and oxygen atoms in total. The third-order valence-corrected chi connectivity index (χ3v) is 7.97. The minimum atomic E-state index is -0.195. The predicted octanol–water partition coefficient (Wildman–Crippen LogP) is 4.59. The van der Waals surface area contributed by atoms with Gasteiger partial charge in [0, 0.05) is 12.8 Å². The van der Waals surface area contributed by atoms with Gasteiger partial charge in [0.25, 0.3) is 0 Å². The van der Waals surface area contributed by atoms with Gasteiger partial charge < -0.3 is 10.2 Å². The van der Waals surface area contributed by atoms with Gasteiger partial charge in [-0.3, -0.25) is 4.79 Å². The number of aryl methyl sites for hydroxylation is 1. The number of carbonyl (C=O) groups excluding carboxylic acids is 1. The maximum atomic E-state index is 12.0. The van der Waals surface area contributed by atoms with Gasteiger partial charge in [0.1, 0.15) is 11.5 Å². The van der Waals surface area contributed by atoms with E-state index in [0.29, 0.717) is 48.0 Å². The number of phenols is 1. The lowest BCUT2D eigenvalue weighted by atomic mass is 9.51. The summed E-state index contributed by atoms with van der Waals surface area (Å²) in [6.45, 7) is 4.25. The van der Waals surface area contributed by atoms with E-state index in [0.717, 1.165) is 38.5 Å². The molecule has 3 aliphatic rings. The zero-order valence-corrected chi connectivity index (χ0v) is 16.1. The summed E-state index contributed by atoms with van der Waals surface area (Å²) in [5, 5.41) is 20.7. The molecule has 0 saturated heterocycles. The number of fused-ring (bicyclic) bond motifs is 5. The van der Waals surface area contributed by atoms with Gasteiger partial charge in [-0.25, -0.2) is 0 Å². The number of carbonyl (C=O) groups is 1. The summed E-state index contributed by atoms with van der Waals surface area (Å²) in [6.07, 6.45) is 7.27. The molecule has 0 bridgehead atoms. The minimum absolute atomic E-state index is 0.00944. The fourth-order valence-electron chi connectivity index (χ4n) is 6.65. The molecule has 142 valence electrons. The molecule has 1 unspecified atom stereocenters. The Hall–Kier alpha value is -1.35. The van der Waals surface area contributed by atoms with Crippen LogP contribution in [0.25, 0.3) is 0 Å². The predicted molar refractivity (Wildman–Crippen MR) is 102 cm³/mol. The van der Waals surface area contributed by atoms with Crippen molar-refractivity contribution in [2.75, 3.05) is 0 Å². The van der Waals surface area contributed by atoms with Gasteiger partial charge in [0.05, 0.1) is 6.10 Å². The van der Waals surface area contributed by atoms with Gasteiger partial charge in [-0.1, -0.05) is 19.9 Å². The van der Waals surface area contributed by atoms with Crippen molar-refractivity contribution in [3.8, 4) is 5.75 Å². The van der Waals surface area contributed by atoms with E-state index < -0.39 is 0 Å². The summed E-state index contributed by atoms with van der Waals surface area (Å²) < 4.78 is 0. The normalized spacial score (nSPS) is 38.3. The smallest absolute Gasteiger partial charge is 0.132 e. The molecule has 1 aromatic carbocycles. The highest BCUT2D eigenvalue weighted by Gasteiger charge is 2.57. The molecular formula is C23H32O3. The summed E-state index contributed by atoms with van der Waals surface area (Å²) in [4.78, 5) is 12.0. The van der Waals surface area contributed by atoms with E-state index in [9.17, 15) is 15.0 Å². The molecule has 2 N–H and O–H groups in total. The first-order chi connectivity index (χ1) is 12.4. The van der Waals surface area contributed by atoms with Crippen LogP contribution in [0.1, 0.15) is 75.8 Å². The number of hydrogen-bond donors (Lipinski definition) is 2. The molecular weight excluding hydrogens is 324 g/mol. The lowest BCUT2D eigenvalue weighted by Gasteiger charge is -2.54. The number of rotatable bonds is 4. The molecule has 6 atom stereocenters. The molecule has 2 saturated carbocycles. The standard InChI is InChI=1S/C23H32O3/c1-3-16(24)6-4-15-13-23(2)20(10-11-21(23)26)19-8-5-14-12-17(25)7-9-18(14)22(15)19/h7,9,12,15,19-22,25-26H,3-6,8,10-11,13H2,1-2H3/t15-,19-,20-,21?,22+,23-/m0/s1. The Kier molecular flexibility index (Phi) is 4.63. The van der Waals surface area contributed by atoms with Crippen LogP contribution in [-0.2, 0) is 11.2 Å². The molecule has 1 aromatic rings. The summed E-state index contributed by atoms with van der Waals surface area (Å²) in [5.74, 6) is 2.83. The highest BCUT2D eigenvalue weighted by Crippen LogP contribution is 2.63. The summed E-state index contributed by atoms with van der Waals surface area (Å²) in [7, 11) is 0. The highest BCUT2D eigenvalue weighted by atomic mass is 16.3. The number of Topliss-reactive ketones (excluding diaryl/α,β-unsaturated/α-hetero) is 1. The van der Waals surface area contributed by atoms with Gasteiger partial charge in [-0.2, -0.15) is 0 Å². The molecule has 3 aliphatic carbocycles. The van der Waals surface area contributed by atoms with Crippen molar-refractivity contribution < 1.29 is 15.0 Å². The number of aliphatic hydroxyl groups is 1. The highest BCUT2D eigenvalue weighted by molar-refractivity contribution is 5.77. The third-order valence-electron chi connectivity index (χ3n) is 7.97. The van der Waals surface area contributed by atoms with E-state index in [1.54, 1.807) is 0 Å². The van der Waals surface area contributed by atoms with Crippen molar-refractivity contribution in [3.05, 3.63) is 29.3 Å². The summed E-state index contributed by atoms with van der Waals surface area (Å²) in [6, 6.07) is 5.90. The molecule has 2 fully saturated rings. The number of aromatic hydroxyl groups is 1. The zero-order chi connectivity index (χ0) is 18.5. The second-order valence-electron chi connectivity index (χ2n) is 9.21. The van der Waals surface area contributed by atoms with Crippen molar-refractivity contribution in [2.24, 2.45) is 23.2 Å². The number of phenolic OH excluding ortho intramolecular Hbond substituents is 1. The lowest BCUT2D eigenvalue weighted by Crippen LogP contribution is -2.48. The molecule has 3 heteroatoms. The average molecular weight is 357 g/mol. The quantitative estimate of drug-likeness (QED) is 0.829. The SMILES string of the molecule is CCC(=O)CC[C@H]1C[C@]2(C)C(O)CC[C@H]2[C@@H]2CCc3cc(O)ccc3[C@@H]12. The van der Waals surface area contributed by atoms with E-state index in [2.05, 4.69) is 13.0 Å². The van der Waals surface area contributed by atoms with E-state index in [-0.39, 0.29) is 11.5 Å². The van der Waals surface area contributed by atoms with Crippen molar-refractivity contribution in [2.45, 2.75) is 77.2 Å². The van der Waals surface area contributed by atoms with Crippen LogP contribution >= 0.6 is 0 Å². The van der Waals surface area contributed by atoms with Gasteiger partial charge in [0.15, 0.2) is 0 Å². The van der Waals surface area contributed by atoms with Crippen molar-refractivity contribution in [1.29, 1.82) is 0 Å². The van der Waals surface area contributed by atoms with Crippen molar-refractivity contribution in [3.63, 3.8) is 0 Å². The van der Waals surface area contributed by atoms with Crippen LogP contribution in [-0.4, -0.2) is 22.1 Å². The fraction of sp³-hybridized carbons (Fsp3) is 0.696. The van der Waals surface area contributed by atoms with Gasteiger partial charge in [-0.05, 0) is 90.9 Å². The van der Waals surface area contributed by atoms with Gasteiger partial charge in [0.2, 0.25) is 0 Å². The Morgan fingerprint density at radius 2 is 2.08 bits per heavy atom. The second-order valence-corrected chi connectivity index (χ2v) is 9.21.